The van der Waals surface area contributed by atoms with Crippen molar-refractivity contribution < 1.29 is 9.18 Å². The number of amides is 1. The van der Waals surface area contributed by atoms with E-state index in [1.54, 1.807) is 18.2 Å². The zero-order chi connectivity index (χ0) is 11.7. The maximum atomic E-state index is 12.8. The molecule has 1 heterocycles. The molecule has 0 radical (unpaired) electrons. The van der Waals surface area contributed by atoms with Crippen LogP contribution in [0.1, 0.15) is 9.67 Å². The highest BCUT2D eigenvalue weighted by Crippen LogP contribution is 2.33. The van der Waals surface area contributed by atoms with Gasteiger partial charge in [0.1, 0.15) is 5.82 Å². The fraction of sp³-hybridized carbons (Fsp3) is 0. The standard InChI is InChI=1S/C11H7ClFNOS/c12-8-5-6(13)1-2-7(8)9-3-4-10(16-9)11(14)15/h1-5H,(H2,14,15). The van der Waals surface area contributed by atoms with Gasteiger partial charge in [-0.05, 0) is 30.3 Å². The Kier molecular flexibility index (Phi) is 2.94. The molecular formula is C11H7ClFNOS. The molecular weight excluding hydrogens is 249 g/mol. The third kappa shape index (κ3) is 2.08. The maximum absolute atomic E-state index is 12.8. The molecule has 1 aromatic carbocycles. The number of thiophene rings is 1. The number of carbonyl (C=O) groups excluding carboxylic acids is 1. The summed E-state index contributed by atoms with van der Waals surface area (Å²) in [7, 11) is 0. The Morgan fingerprint density at radius 1 is 1.31 bits per heavy atom. The molecule has 0 spiro atoms. The van der Waals surface area contributed by atoms with E-state index in [1.807, 2.05) is 0 Å². The number of halogens is 2. The van der Waals surface area contributed by atoms with Crippen molar-refractivity contribution in [1.82, 2.24) is 0 Å². The molecule has 0 aliphatic heterocycles. The third-order valence-corrected chi connectivity index (χ3v) is 3.49. The third-order valence-electron chi connectivity index (χ3n) is 2.05. The van der Waals surface area contributed by atoms with Crippen LogP contribution < -0.4 is 5.73 Å². The Bertz CT molecular complexity index is 553. The van der Waals surface area contributed by atoms with Crippen molar-refractivity contribution in [3.63, 3.8) is 0 Å². The molecule has 2 N–H and O–H groups in total. The molecule has 0 aliphatic rings. The lowest BCUT2D eigenvalue weighted by atomic mass is 10.2. The molecule has 82 valence electrons. The number of primary amides is 1. The zero-order valence-corrected chi connectivity index (χ0v) is 9.61. The van der Waals surface area contributed by atoms with E-state index >= 15 is 0 Å². The molecule has 0 saturated carbocycles. The second kappa shape index (κ2) is 4.23. The lowest BCUT2D eigenvalue weighted by Gasteiger charge is -2.00. The van der Waals surface area contributed by atoms with Crippen LogP contribution in [-0.2, 0) is 0 Å². The first kappa shape index (κ1) is 11.1. The Morgan fingerprint density at radius 2 is 2.06 bits per heavy atom. The van der Waals surface area contributed by atoms with Gasteiger partial charge in [-0.15, -0.1) is 11.3 Å². The molecule has 0 bridgehead atoms. The predicted molar refractivity (Wildman–Crippen MR) is 63.2 cm³/mol. The van der Waals surface area contributed by atoms with E-state index in [4.69, 9.17) is 17.3 Å². The molecule has 1 amide bonds. The topological polar surface area (TPSA) is 43.1 Å². The second-order valence-corrected chi connectivity index (χ2v) is 4.64. The van der Waals surface area contributed by atoms with E-state index in [9.17, 15) is 9.18 Å². The molecule has 0 fully saturated rings. The highest BCUT2D eigenvalue weighted by Gasteiger charge is 2.10. The van der Waals surface area contributed by atoms with E-state index in [0.29, 0.717) is 15.5 Å². The highest BCUT2D eigenvalue weighted by atomic mass is 35.5. The molecule has 5 heteroatoms. The molecule has 1 aromatic heterocycles. The summed E-state index contributed by atoms with van der Waals surface area (Å²) in [6.07, 6.45) is 0. The van der Waals surface area contributed by atoms with E-state index in [2.05, 4.69) is 0 Å². The Hall–Kier alpha value is -1.39. The first-order valence-electron chi connectivity index (χ1n) is 4.43. The average Bonchev–Trinajstić information content (AvgIpc) is 2.66. The number of carbonyl (C=O) groups is 1. The quantitative estimate of drug-likeness (QED) is 0.879. The Labute approximate surface area is 100 Å². The van der Waals surface area contributed by atoms with Gasteiger partial charge in [0.05, 0.1) is 9.90 Å². The fourth-order valence-electron chi connectivity index (χ4n) is 1.30. The fourth-order valence-corrected chi connectivity index (χ4v) is 2.53. The summed E-state index contributed by atoms with van der Waals surface area (Å²) in [5.74, 6) is -0.866. The SMILES string of the molecule is NC(=O)c1ccc(-c2ccc(F)cc2Cl)s1. The number of benzene rings is 1. The minimum atomic E-state index is -0.477. The second-order valence-electron chi connectivity index (χ2n) is 3.15. The maximum Gasteiger partial charge on any atom is 0.258 e. The van der Waals surface area contributed by atoms with Crippen LogP contribution in [0.15, 0.2) is 30.3 Å². The Balaban J connectivity index is 2.46. The summed E-state index contributed by atoms with van der Waals surface area (Å²) in [5, 5.41) is 0.317. The molecule has 0 saturated heterocycles. The van der Waals surface area contributed by atoms with Crippen LogP contribution in [-0.4, -0.2) is 5.91 Å². The minimum absolute atomic E-state index is 0.317. The van der Waals surface area contributed by atoms with Gasteiger partial charge in [0, 0.05) is 10.4 Å². The lowest BCUT2D eigenvalue weighted by molar-refractivity contribution is 0.100. The van der Waals surface area contributed by atoms with Crippen molar-refractivity contribution in [2.45, 2.75) is 0 Å². The normalized spacial score (nSPS) is 10.4. The molecule has 16 heavy (non-hydrogen) atoms. The molecule has 2 aromatic rings. The van der Waals surface area contributed by atoms with Gasteiger partial charge in [0.2, 0.25) is 0 Å². The summed E-state index contributed by atoms with van der Waals surface area (Å²) in [4.78, 5) is 12.2. The summed E-state index contributed by atoms with van der Waals surface area (Å²) in [6.45, 7) is 0. The molecule has 2 nitrogen and oxygen atoms in total. The zero-order valence-electron chi connectivity index (χ0n) is 8.04. The van der Waals surface area contributed by atoms with Crippen molar-refractivity contribution >= 4 is 28.8 Å². The molecule has 2 rings (SSSR count). The number of hydrogen-bond acceptors (Lipinski definition) is 2. The number of nitrogens with two attached hydrogens (primary N) is 1. The van der Waals surface area contributed by atoms with E-state index in [1.165, 1.54) is 23.5 Å². The predicted octanol–water partition coefficient (Wildman–Crippen LogP) is 3.31. The van der Waals surface area contributed by atoms with Crippen LogP contribution in [0.4, 0.5) is 4.39 Å². The Morgan fingerprint density at radius 3 is 2.62 bits per heavy atom. The molecule has 0 unspecified atom stereocenters. The molecule has 0 atom stereocenters. The summed E-state index contributed by atoms with van der Waals surface area (Å²) in [5.41, 5.74) is 5.84. The average molecular weight is 256 g/mol. The van der Waals surface area contributed by atoms with Crippen molar-refractivity contribution in [2.75, 3.05) is 0 Å². The van der Waals surface area contributed by atoms with Crippen LogP contribution in [0, 0.1) is 5.82 Å². The van der Waals surface area contributed by atoms with E-state index in [0.717, 1.165) is 4.88 Å². The van der Waals surface area contributed by atoms with Gasteiger partial charge in [-0.2, -0.15) is 0 Å². The van der Waals surface area contributed by atoms with Crippen LogP contribution in [0.2, 0.25) is 5.02 Å². The van der Waals surface area contributed by atoms with E-state index in [-0.39, 0.29) is 5.82 Å². The van der Waals surface area contributed by atoms with Gasteiger partial charge in [0.15, 0.2) is 0 Å². The summed E-state index contributed by atoms with van der Waals surface area (Å²) in [6, 6.07) is 7.51. The van der Waals surface area contributed by atoms with Gasteiger partial charge >= 0.3 is 0 Å². The van der Waals surface area contributed by atoms with Crippen LogP contribution in [0.25, 0.3) is 10.4 Å². The number of hydrogen-bond donors (Lipinski definition) is 1. The first-order chi connectivity index (χ1) is 7.58. The lowest BCUT2D eigenvalue weighted by Crippen LogP contribution is -2.07. The largest absolute Gasteiger partial charge is 0.365 e. The minimum Gasteiger partial charge on any atom is -0.365 e. The van der Waals surface area contributed by atoms with Crippen molar-refractivity contribution in [1.29, 1.82) is 0 Å². The van der Waals surface area contributed by atoms with Crippen molar-refractivity contribution in [3.05, 3.63) is 46.0 Å². The summed E-state index contributed by atoms with van der Waals surface area (Å²) >= 11 is 7.14. The van der Waals surface area contributed by atoms with Gasteiger partial charge in [-0.25, -0.2) is 4.39 Å². The van der Waals surface area contributed by atoms with Crippen molar-refractivity contribution in [3.8, 4) is 10.4 Å². The van der Waals surface area contributed by atoms with Gasteiger partial charge in [0.25, 0.3) is 5.91 Å². The van der Waals surface area contributed by atoms with Crippen LogP contribution in [0.5, 0.6) is 0 Å². The smallest absolute Gasteiger partial charge is 0.258 e. The monoisotopic (exact) mass is 255 g/mol. The van der Waals surface area contributed by atoms with Crippen molar-refractivity contribution in [2.24, 2.45) is 5.73 Å². The van der Waals surface area contributed by atoms with Gasteiger partial charge in [-0.1, -0.05) is 11.6 Å². The van der Waals surface area contributed by atoms with Crippen LogP contribution >= 0.6 is 22.9 Å². The van der Waals surface area contributed by atoms with E-state index < -0.39 is 5.91 Å². The number of rotatable bonds is 2. The van der Waals surface area contributed by atoms with Crippen LogP contribution in [0.3, 0.4) is 0 Å². The highest BCUT2D eigenvalue weighted by molar-refractivity contribution is 7.17. The van der Waals surface area contributed by atoms with Gasteiger partial charge in [-0.3, -0.25) is 4.79 Å². The first-order valence-corrected chi connectivity index (χ1v) is 5.62. The van der Waals surface area contributed by atoms with Gasteiger partial charge < -0.3 is 5.73 Å². The molecule has 0 aliphatic carbocycles. The summed E-state index contributed by atoms with van der Waals surface area (Å²) < 4.78 is 12.8.